The number of aromatic nitrogens is 2. The quantitative estimate of drug-likeness (QED) is 0.458. The topological polar surface area (TPSA) is 130 Å². The van der Waals surface area contributed by atoms with E-state index in [1.807, 2.05) is 51.1 Å². The monoisotopic (exact) mass is 494 g/mol. The van der Waals surface area contributed by atoms with Gasteiger partial charge >= 0.3 is 0 Å². The van der Waals surface area contributed by atoms with E-state index in [1.165, 1.54) is 10.6 Å². The smallest absolute Gasteiger partial charge is 0.253 e. The van der Waals surface area contributed by atoms with Crippen LogP contribution in [0.15, 0.2) is 48.8 Å². The molecule has 3 heterocycles. The molecule has 35 heavy (non-hydrogen) atoms. The predicted octanol–water partition coefficient (Wildman–Crippen LogP) is 3.51. The number of rotatable bonds is 7. The third kappa shape index (κ3) is 4.66. The lowest BCUT2D eigenvalue weighted by Gasteiger charge is -2.20. The van der Waals surface area contributed by atoms with Gasteiger partial charge in [0.1, 0.15) is 11.6 Å². The fourth-order valence-electron chi connectivity index (χ4n) is 4.51. The van der Waals surface area contributed by atoms with E-state index >= 15 is 0 Å². The number of hydrogen-bond donors (Lipinski definition) is 3. The average molecular weight is 495 g/mol. The van der Waals surface area contributed by atoms with Crippen molar-refractivity contribution in [3.63, 3.8) is 0 Å². The Labute approximate surface area is 205 Å². The first-order valence-corrected chi connectivity index (χ1v) is 13.1. The van der Waals surface area contributed by atoms with Crippen LogP contribution in [-0.2, 0) is 15.4 Å². The van der Waals surface area contributed by atoms with E-state index < -0.39 is 15.9 Å². The predicted molar refractivity (Wildman–Crippen MR) is 139 cm³/mol. The van der Waals surface area contributed by atoms with E-state index in [4.69, 9.17) is 5.73 Å². The van der Waals surface area contributed by atoms with Crippen LogP contribution >= 0.6 is 0 Å². The Kier molecular flexibility index (Phi) is 6.18. The zero-order valence-electron chi connectivity index (χ0n) is 20.5. The molecule has 4 N–H and O–H groups in total. The summed E-state index contributed by atoms with van der Waals surface area (Å²) in [5.41, 5.74) is 9.49. The summed E-state index contributed by atoms with van der Waals surface area (Å²) in [6.07, 6.45) is 4.51. The number of carbonyl (C=O) groups is 1. The number of hydrogen-bond acceptors (Lipinski definition) is 7. The molecule has 1 unspecified atom stereocenters. The van der Waals surface area contributed by atoms with Crippen LogP contribution in [0.4, 0.5) is 17.3 Å². The number of sulfonamides is 1. The number of nitrogens with zero attached hydrogens (tertiary/aromatic N) is 3. The Bertz CT molecular complexity index is 1400. The van der Waals surface area contributed by atoms with Crippen molar-refractivity contribution in [2.45, 2.75) is 32.2 Å². The molecule has 2 aromatic heterocycles. The highest BCUT2D eigenvalue weighted by Crippen LogP contribution is 2.44. The van der Waals surface area contributed by atoms with E-state index in [0.717, 1.165) is 16.9 Å². The van der Waals surface area contributed by atoms with Crippen LogP contribution < -0.4 is 20.7 Å². The molecule has 0 bridgehead atoms. The molecule has 1 aliphatic rings. The SMILES string of the molecule is CNc1cc(C(C)Nc2nccc(-c3ccc4c(c3)N(S(C)(=O)=O)CC4(C)C)c2C(N)=O)ccn1. The Morgan fingerprint density at radius 2 is 1.86 bits per heavy atom. The van der Waals surface area contributed by atoms with Crippen LogP contribution in [-0.4, -0.2) is 44.1 Å². The van der Waals surface area contributed by atoms with Gasteiger partial charge in [0.25, 0.3) is 5.91 Å². The summed E-state index contributed by atoms with van der Waals surface area (Å²) >= 11 is 0. The molecule has 3 aromatic rings. The molecule has 1 amide bonds. The fourth-order valence-corrected chi connectivity index (χ4v) is 5.57. The highest BCUT2D eigenvalue weighted by Gasteiger charge is 2.39. The van der Waals surface area contributed by atoms with Crippen molar-refractivity contribution < 1.29 is 13.2 Å². The molecular formula is C25H30N6O3S. The van der Waals surface area contributed by atoms with Gasteiger partial charge in [-0.05, 0) is 53.4 Å². The van der Waals surface area contributed by atoms with Gasteiger partial charge in [-0.15, -0.1) is 0 Å². The number of primary amides is 1. The molecule has 9 nitrogen and oxygen atoms in total. The Morgan fingerprint density at radius 3 is 2.51 bits per heavy atom. The van der Waals surface area contributed by atoms with Crippen LogP contribution in [0.5, 0.6) is 0 Å². The number of nitrogens with one attached hydrogen (secondary N) is 2. The number of carbonyl (C=O) groups excluding carboxylic acids is 1. The highest BCUT2D eigenvalue weighted by atomic mass is 32.2. The summed E-state index contributed by atoms with van der Waals surface area (Å²) in [7, 11) is -1.67. The molecule has 0 saturated carbocycles. The lowest BCUT2D eigenvalue weighted by Crippen LogP contribution is -2.33. The van der Waals surface area contributed by atoms with Gasteiger partial charge in [-0.3, -0.25) is 9.10 Å². The second-order valence-corrected chi connectivity index (χ2v) is 11.3. The van der Waals surface area contributed by atoms with Crippen molar-refractivity contribution in [2.75, 3.05) is 34.8 Å². The molecule has 184 valence electrons. The van der Waals surface area contributed by atoms with Gasteiger partial charge in [-0.25, -0.2) is 18.4 Å². The Balaban J connectivity index is 1.78. The minimum Gasteiger partial charge on any atom is -0.373 e. The number of amides is 1. The van der Waals surface area contributed by atoms with Gasteiger partial charge in [0, 0.05) is 31.4 Å². The summed E-state index contributed by atoms with van der Waals surface area (Å²) < 4.78 is 26.4. The molecule has 1 atom stereocenters. The third-order valence-corrected chi connectivity index (χ3v) is 7.46. The number of nitrogens with two attached hydrogens (primary N) is 1. The summed E-state index contributed by atoms with van der Waals surface area (Å²) in [5, 5.41) is 6.31. The average Bonchev–Trinajstić information content (AvgIpc) is 3.09. The van der Waals surface area contributed by atoms with E-state index in [9.17, 15) is 13.2 Å². The number of benzene rings is 1. The normalized spacial score (nSPS) is 15.4. The van der Waals surface area contributed by atoms with Gasteiger partial charge < -0.3 is 16.4 Å². The largest absolute Gasteiger partial charge is 0.373 e. The van der Waals surface area contributed by atoms with Crippen molar-refractivity contribution in [3.8, 4) is 11.1 Å². The highest BCUT2D eigenvalue weighted by molar-refractivity contribution is 7.92. The molecule has 1 aromatic carbocycles. The minimum atomic E-state index is -3.47. The molecule has 0 aliphatic carbocycles. The summed E-state index contributed by atoms with van der Waals surface area (Å²) in [4.78, 5) is 21.2. The van der Waals surface area contributed by atoms with E-state index in [0.29, 0.717) is 29.2 Å². The van der Waals surface area contributed by atoms with Gasteiger partial charge in [-0.2, -0.15) is 0 Å². The molecule has 0 radical (unpaired) electrons. The zero-order valence-corrected chi connectivity index (χ0v) is 21.3. The standard InChI is InChI=1S/C25H30N6O3S/c1-15(16-8-10-28-21(13-16)27-4)30-24-22(23(26)32)18(9-11-29-24)17-6-7-19-20(12-17)31(35(5,33)34)14-25(19,2)3/h6-13,15H,14H2,1-5H3,(H2,26,32)(H,27,28)(H,29,30). The lowest BCUT2D eigenvalue weighted by atomic mass is 9.86. The second-order valence-electron chi connectivity index (χ2n) is 9.42. The summed E-state index contributed by atoms with van der Waals surface area (Å²) in [6.45, 7) is 6.34. The number of pyridine rings is 2. The maximum Gasteiger partial charge on any atom is 0.253 e. The van der Waals surface area contributed by atoms with Gasteiger partial charge in [0.15, 0.2) is 0 Å². The second kappa shape index (κ2) is 8.84. The van der Waals surface area contributed by atoms with E-state index in [2.05, 4.69) is 20.6 Å². The van der Waals surface area contributed by atoms with Crippen molar-refractivity contribution in [1.82, 2.24) is 9.97 Å². The van der Waals surface area contributed by atoms with Gasteiger partial charge in [0.05, 0.1) is 23.5 Å². The number of fused-ring (bicyclic) bond motifs is 1. The van der Waals surface area contributed by atoms with Crippen LogP contribution in [0.25, 0.3) is 11.1 Å². The van der Waals surface area contributed by atoms with Crippen LogP contribution in [0, 0.1) is 0 Å². The van der Waals surface area contributed by atoms with Gasteiger partial charge in [0.2, 0.25) is 10.0 Å². The number of anilines is 3. The first-order chi connectivity index (χ1) is 16.4. The fraction of sp³-hybridized carbons (Fsp3) is 0.320. The summed E-state index contributed by atoms with van der Waals surface area (Å²) in [6, 6.07) is 10.9. The lowest BCUT2D eigenvalue weighted by molar-refractivity contribution is 0.100. The molecule has 10 heteroatoms. The van der Waals surface area contributed by atoms with E-state index in [1.54, 1.807) is 25.5 Å². The molecular weight excluding hydrogens is 464 g/mol. The third-order valence-electron chi connectivity index (χ3n) is 6.34. The Hall–Kier alpha value is -3.66. The molecule has 0 spiro atoms. The van der Waals surface area contributed by atoms with Crippen LogP contribution in [0.2, 0.25) is 0 Å². The minimum absolute atomic E-state index is 0.188. The maximum atomic E-state index is 12.6. The summed E-state index contributed by atoms with van der Waals surface area (Å²) in [5.74, 6) is 0.449. The van der Waals surface area contributed by atoms with Crippen molar-refractivity contribution >= 4 is 33.3 Å². The first-order valence-electron chi connectivity index (χ1n) is 11.2. The van der Waals surface area contributed by atoms with E-state index in [-0.39, 0.29) is 17.0 Å². The molecule has 0 fully saturated rings. The van der Waals surface area contributed by atoms with Crippen molar-refractivity contribution in [3.05, 3.63) is 65.5 Å². The Morgan fingerprint density at radius 1 is 1.14 bits per heavy atom. The molecule has 0 saturated heterocycles. The van der Waals surface area contributed by atoms with Crippen molar-refractivity contribution in [2.24, 2.45) is 5.73 Å². The van der Waals surface area contributed by atoms with Crippen LogP contribution in [0.3, 0.4) is 0 Å². The first kappa shape index (κ1) is 24.5. The maximum absolute atomic E-state index is 12.6. The molecule has 1 aliphatic heterocycles. The van der Waals surface area contributed by atoms with Crippen LogP contribution in [0.1, 0.15) is 48.3 Å². The molecule has 4 rings (SSSR count). The van der Waals surface area contributed by atoms with Gasteiger partial charge in [-0.1, -0.05) is 26.0 Å². The zero-order chi connectivity index (χ0) is 25.5. The van der Waals surface area contributed by atoms with Crippen molar-refractivity contribution in [1.29, 1.82) is 0 Å².